The molecule has 170 valence electrons. The van der Waals surface area contributed by atoms with Crippen LogP contribution in [0.5, 0.6) is 0 Å². The van der Waals surface area contributed by atoms with E-state index in [1.165, 1.54) is 11.1 Å². The van der Waals surface area contributed by atoms with Gasteiger partial charge in [-0.05, 0) is 42.5 Å². The highest BCUT2D eigenvalue weighted by molar-refractivity contribution is 5.84. The molecule has 9 nitrogen and oxygen atoms in total. The molecule has 0 atom stereocenters. The molecular formula is C24H26N6O3. The summed E-state index contributed by atoms with van der Waals surface area (Å²) in [4.78, 5) is 37.5. The van der Waals surface area contributed by atoms with E-state index in [0.29, 0.717) is 43.6 Å². The molecule has 9 heteroatoms. The van der Waals surface area contributed by atoms with Crippen molar-refractivity contribution in [2.45, 2.75) is 31.7 Å². The zero-order valence-corrected chi connectivity index (χ0v) is 18.3. The van der Waals surface area contributed by atoms with E-state index < -0.39 is 0 Å². The van der Waals surface area contributed by atoms with Crippen LogP contribution in [0.3, 0.4) is 0 Å². The molecule has 3 amide bonds. The molecular weight excluding hydrogens is 420 g/mol. The molecule has 2 aromatic heterocycles. The van der Waals surface area contributed by atoms with Gasteiger partial charge in [0.15, 0.2) is 0 Å². The predicted octanol–water partition coefficient (Wildman–Crippen LogP) is 2.61. The maximum atomic E-state index is 12.6. The number of carbonyl (C=O) groups is 2. The summed E-state index contributed by atoms with van der Waals surface area (Å²) in [5, 5.41) is 6.83. The highest BCUT2D eigenvalue weighted by Gasteiger charge is 2.28. The Morgan fingerprint density at radius 1 is 1.00 bits per heavy atom. The first kappa shape index (κ1) is 21.1. The van der Waals surface area contributed by atoms with Gasteiger partial charge in [0.05, 0.1) is 6.54 Å². The van der Waals surface area contributed by atoms with Gasteiger partial charge in [-0.1, -0.05) is 35.5 Å². The second-order valence-electron chi connectivity index (χ2n) is 8.43. The van der Waals surface area contributed by atoms with Gasteiger partial charge in [-0.2, -0.15) is 4.98 Å². The Morgan fingerprint density at radius 2 is 1.79 bits per heavy atom. The number of hydrogen-bond donors (Lipinski definition) is 1. The molecule has 33 heavy (non-hydrogen) atoms. The maximum Gasteiger partial charge on any atom is 0.318 e. The highest BCUT2D eigenvalue weighted by Crippen LogP contribution is 2.28. The average molecular weight is 447 g/mol. The summed E-state index contributed by atoms with van der Waals surface area (Å²) in [6, 6.07) is 13.5. The van der Waals surface area contributed by atoms with Crippen LogP contribution in [-0.2, 0) is 17.8 Å². The number of pyridine rings is 1. The number of urea groups is 1. The first-order valence-electron chi connectivity index (χ1n) is 11.3. The number of rotatable bonds is 4. The zero-order valence-electron chi connectivity index (χ0n) is 18.3. The fourth-order valence-corrected chi connectivity index (χ4v) is 4.42. The molecule has 0 unspecified atom stereocenters. The number of nitrogens with one attached hydrogen (secondary N) is 1. The first-order valence-corrected chi connectivity index (χ1v) is 11.3. The van der Waals surface area contributed by atoms with Crippen molar-refractivity contribution in [1.82, 2.24) is 30.2 Å². The van der Waals surface area contributed by atoms with E-state index in [4.69, 9.17) is 4.52 Å². The van der Waals surface area contributed by atoms with Crippen LogP contribution in [0.25, 0.3) is 11.5 Å². The Kier molecular flexibility index (Phi) is 6.01. The third kappa shape index (κ3) is 4.72. The summed E-state index contributed by atoms with van der Waals surface area (Å²) in [5.41, 5.74) is 3.13. The first-order chi connectivity index (χ1) is 16.2. The lowest BCUT2D eigenvalue weighted by atomic mass is 9.96. The van der Waals surface area contributed by atoms with Gasteiger partial charge in [-0.25, -0.2) is 4.79 Å². The summed E-state index contributed by atoms with van der Waals surface area (Å²) >= 11 is 0. The molecule has 0 spiro atoms. The highest BCUT2D eigenvalue weighted by atomic mass is 16.5. The van der Waals surface area contributed by atoms with E-state index in [1.54, 1.807) is 16.0 Å². The van der Waals surface area contributed by atoms with E-state index in [9.17, 15) is 9.59 Å². The lowest BCUT2D eigenvalue weighted by molar-refractivity contribution is -0.131. The second kappa shape index (κ2) is 9.40. The van der Waals surface area contributed by atoms with Gasteiger partial charge in [0, 0.05) is 38.3 Å². The fourth-order valence-electron chi connectivity index (χ4n) is 4.42. The summed E-state index contributed by atoms with van der Waals surface area (Å²) in [5.74, 6) is 1.11. The number of benzene rings is 1. The lowest BCUT2D eigenvalue weighted by Gasteiger charge is -2.31. The van der Waals surface area contributed by atoms with E-state index in [1.807, 2.05) is 36.4 Å². The molecule has 1 fully saturated rings. The van der Waals surface area contributed by atoms with E-state index in [2.05, 4.69) is 26.5 Å². The van der Waals surface area contributed by atoms with Crippen molar-refractivity contribution in [3.8, 4) is 11.5 Å². The van der Waals surface area contributed by atoms with Crippen molar-refractivity contribution in [3.05, 3.63) is 65.7 Å². The van der Waals surface area contributed by atoms with Crippen LogP contribution in [0.1, 0.15) is 35.8 Å². The van der Waals surface area contributed by atoms with Crippen LogP contribution in [0.15, 0.2) is 53.2 Å². The van der Waals surface area contributed by atoms with Crippen molar-refractivity contribution in [2.24, 2.45) is 0 Å². The van der Waals surface area contributed by atoms with Crippen molar-refractivity contribution in [1.29, 1.82) is 0 Å². The van der Waals surface area contributed by atoms with Gasteiger partial charge >= 0.3 is 6.03 Å². The minimum absolute atomic E-state index is 0.00598. The smallest absolute Gasteiger partial charge is 0.318 e. The summed E-state index contributed by atoms with van der Waals surface area (Å²) in [6.45, 7) is 2.43. The molecule has 1 saturated heterocycles. The molecule has 2 aliphatic rings. The monoisotopic (exact) mass is 446 g/mol. The Bertz CT molecular complexity index is 1120. The van der Waals surface area contributed by atoms with Gasteiger partial charge in [0.25, 0.3) is 0 Å². The number of amides is 3. The molecule has 1 aromatic carbocycles. The van der Waals surface area contributed by atoms with Crippen LogP contribution in [0, 0.1) is 0 Å². The average Bonchev–Trinajstić information content (AvgIpc) is 3.38. The van der Waals surface area contributed by atoms with Crippen LogP contribution >= 0.6 is 0 Å². The second-order valence-corrected chi connectivity index (χ2v) is 8.43. The lowest BCUT2D eigenvalue weighted by Crippen LogP contribution is -2.48. The van der Waals surface area contributed by atoms with Gasteiger partial charge in [0.1, 0.15) is 5.69 Å². The molecule has 0 bridgehead atoms. The number of likely N-dealkylation sites (tertiary alicyclic amines) is 1. The quantitative estimate of drug-likeness (QED) is 0.661. The molecule has 4 heterocycles. The molecule has 0 aliphatic carbocycles. The Hall–Kier alpha value is -3.75. The fraction of sp³-hybridized carbons (Fsp3) is 0.375. The number of piperidine rings is 1. The minimum Gasteiger partial charge on any atom is -0.341 e. The maximum absolute atomic E-state index is 12.6. The Morgan fingerprint density at radius 3 is 2.58 bits per heavy atom. The number of hydrogen-bond acceptors (Lipinski definition) is 6. The van der Waals surface area contributed by atoms with E-state index in [-0.39, 0.29) is 24.4 Å². The van der Waals surface area contributed by atoms with Crippen LogP contribution < -0.4 is 5.32 Å². The molecule has 2 aliphatic heterocycles. The third-order valence-electron chi connectivity index (χ3n) is 6.34. The van der Waals surface area contributed by atoms with Crippen molar-refractivity contribution in [3.63, 3.8) is 0 Å². The zero-order chi connectivity index (χ0) is 22.6. The standard InChI is InChI=1S/C24H26N6O3/c31-21(15-26-24(32)30-14-8-17-5-1-2-6-19(17)16-30)29-12-9-18(10-13-29)23-27-22(28-33-23)20-7-3-4-11-25-20/h1-7,11,18H,8-10,12-16H2,(H,26,32). The van der Waals surface area contributed by atoms with E-state index >= 15 is 0 Å². The largest absolute Gasteiger partial charge is 0.341 e. The Labute approximate surface area is 191 Å². The molecule has 1 N–H and O–H groups in total. The van der Waals surface area contributed by atoms with Gasteiger partial charge in [-0.15, -0.1) is 0 Å². The van der Waals surface area contributed by atoms with Crippen molar-refractivity contribution in [2.75, 3.05) is 26.2 Å². The number of nitrogens with zero attached hydrogens (tertiary/aromatic N) is 5. The molecule has 3 aromatic rings. The number of carbonyl (C=O) groups excluding carboxylic acids is 2. The summed E-state index contributed by atoms with van der Waals surface area (Å²) < 4.78 is 5.46. The summed E-state index contributed by atoms with van der Waals surface area (Å²) in [6.07, 6.45) is 4.01. The van der Waals surface area contributed by atoms with Gasteiger partial charge < -0.3 is 19.6 Å². The van der Waals surface area contributed by atoms with Gasteiger partial charge in [-0.3, -0.25) is 9.78 Å². The van der Waals surface area contributed by atoms with Crippen molar-refractivity contribution < 1.29 is 14.1 Å². The van der Waals surface area contributed by atoms with Gasteiger partial charge in [0.2, 0.25) is 17.6 Å². The van der Waals surface area contributed by atoms with Crippen LogP contribution in [0.4, 0.5) is 4.79 Å². The van der Waals surface area contributed by atoms with E-state index in [0.717, 1.165) is 19.3 Å². The number of fused-ring (bicyclic) bond motifs is 1. The predicted molar refractivity (Wildman–Crippen MR) is 120 cm³/mol. The van der Waals surface area contributed by atoms with Crippen LogP contribution in [-0.4, -0.2) is 63.0 Å². The SMILES string of the molecule is O=C(CNC(=O)N1CCc2ccccc2C1)N1CCC(c2nc(-c3ccccn3)no2)CC1. The van der Waals surface area contributed by atoms with Crippen LogP contribution in [0.2, 0.25) is 0 Å². The molecule has 0 radical (unpaired) electrons. The Balaban J connectivity index is 1.09. The topological polar surface area (TPSA) is 104 Å². The minimum atomic E-state index is -0.194. The number of aromatic nitrogens is 3. The summed E-state index contributed by atoms with van der Waals surface area (Å²) in [7, 11) is 0. The van der Waals surface area contributed by atoms with Crippen molar-refractivity contribution >= 4 is 11.9 Å². The molecule has 5 rings (SSSR count). The normalized spacial score (nSPS) is 16.4. The third-order valence-corrected chi connectivity index (χ3v) is 6.34. The molecule has 0 saturated carbocycles.